The number of rotatable bonds is 9. The van der Waals surface area contributed by atoms with E-state index >= 15 is 0 Å². The molecule has 0 radical (unpaired) electrons. The molecule has 0 saturated carbocycles. The van der Waals surface area contributed by atoms with Crippen LogP contribution in [0.2, 0.25) is 0 Å². The normalized spacial score (nSPS) is 11.4. The molecule has 3 rings (SSSR count). The van der Waals surface area contributed by atoms with Crippen LogP contribution in [0.4, 0.5) is 0 Å². The zero-order valence-corrected chi connectivity index (χ0v) is 17.1. The Morgan fingerprint density at radius 1 is 0.833 bits per heavy atom. The molecule has 1 N–H and O–H groups in total. The van der Waals surface area contributed by atoms with Crippen LogP contribution in [-0.2, 0) is 4.79 Å². The number of methoxy groups -OCH3 is 1. The van der Waals surface area contributed by atoms with Crippen LogP contribution >= 0.6 is 0 Å². The Morgan fingerprint density at radius 3 is 2.03 bits per heavy atom. The highest BCUT2D eigenvalue weighted by Gasteiger charge is 2.14. The zero-order chi connectivity index (χ0) is 21.3. The van der Waals surface area contributed by atoms with Gasteiger partial charge in [0.25, 0.3) is 5.91 Å². The van der Waals surface area contributed by atoms with Crippen LogP contribution in [0.15, 0.2) is 78.9 Å². The van der Waals surface area contributed by atoms with Crippen LogP contribution in [0.5, 0.6) is 11.5 Å². The first-order valence-electron chi connectivity index (χ1n) is 9.86. The molecule has 30 heavy (non-hydrogen) atoms. The predicted molar refractivity (Wildman–Crippen MR) is 116 cm³/mol. The monoisotopic (exact) mass is 403 g/mol. The van der Waals surface area contributed by atoms with E-state index in [0.717, 1.165) is 17.7 Å². The van der Waals surface area contributed by atoms with Crippen molar-refractivity contribution < 1.29 is 19.1 Å². The molecule has 5 heteroatoms. The van der Waals surface area contributed by atoms with Crippen molar-refractivity contribution in [1.29, 1.82) is 0 Å². The van der Waals surface area contributed by atoms with Gasteiger partial charge in [-0.25, -0.2) is 0 Å². The second-order valence-electron chi connectivity index (χ2n) is 6.81. The average Bonchev–Trinajstić information content (AvgIpc) is 2.81. The number of ether oxygens (including phenoxy) is 2. The fraction of sp³-hybridized carbons (Fsp3) is 0.200. The maximum absolute atomic E-state index is 12.4. The lowest BCUT2D eigenvalue weighted by Crippen LogP contribution is -2.32. The number of amides is 1. The van der Waals surface area contributed by atoms with E-state index in [1.165, 1.54) is 0 Å². The second kappa shape index (κ2) is 10.3. The third-order valence-corrected chi connectivity index (χ3v) is 4.78. The molecule has 0 aliphatic rings. The van der Waals surface area contributed by atoms with Crippen molar-refractivity contribution in [1.82, 2.24) is 5.32 Å². The molecule has 0 saturated heterocycles. The van der Waals surface area contributed by atoms with Gasteiger partial charge in [0.15, 0.2) is 12.4 Å². The molecule has 0 fully saturated rings. The standard InChI is InChI=1S/C25H25NO4/c1-3-23(18-9-13-21(29-2)14-10-18)26-24(27)17-30-22-15-11-20(12-16-22)25(28)19-7-5-4-6-8-19/h4-16,23H,3,17H2,1-2H3,(H,26,27)/t23-/m1/s1. The first-order chi connectivity index (χ1) is 14.6. The Bertz CT molecular complexity index is 966. The third-order valence-electron chi connectivity index (χ3n) is 4.78. The number of benzene rings is 3. The van der Waals surface area contributed by atoms with E-state index in [1.807, 2.05) is 49.4 Å². The molecule has 0 bridgehead atoms. The van der Waals surface area contributed by atoms with Crippen LogP contribution in [0.3, 0.4) is 0 Å². The molecule has 0 aliphatic heterocycles. The highest BCUT2D eigenvalue weighted by Crippen LogP contribution is 2.20. The van der Waals surface area contributed by atoms with E-state index in [4.69, 9.17) is 9.47 Å². The van der Waals surface area contributed by atoms with Gasteiger partial charge in [-0.2, -0.15) is 0 Å². The Labute approximate surface area is 176 Å². The lowest BCUT2D eigenvalue weighted by molar-refractivity contribution is -0.123. The van der Waals surface area contributed by atoms with Crippen LogP contribution < -0.4 is 14.8 Å². The molecule has 154 valence electrons. The molecule has 0 heterocycles. The number of ketones is 1. The van der Waals surface area contributed by atoms with Gasteiger partial charge in [-0.15, -0.1) is 0 Å². The Kier molecular flexibility index (Phi) is 7.22. The van der Waals surface area contributed by atoms with E-state index in [0.29, 0.717) is 16.9 Å². The number of carbonyl (C=O) groups is 2. The SMILES string of the molecule is CC[C@@H](NC(=O)COc1ccc(C(=O)c2ccccc2)cc1)c1ccc(OC)cc1. The minimum atomic E-state index is -0.206. The van der Waals surface area contributed by atoms with Crippen molar-refractivity contribution in [2.24, 2.45) is 0 Å². The van der Waals surface area contributed by atoms with Crippen molar-refractivity contribution in [2.75, 3.05) is 13.7 Å². The maximum atomic E-state index is 12.4. The van der Waals surface area contributed by atoms with Crippen molar-refractivity contribution in [3.05, 3.63) is 95.6 Å². The fourth-order valence-corrected chi connectivity index (χ4v) is 3.10. The van der Waals surface area contributed by atoms with Gasteiger partial charge in [0, 0.05) is 11.1 Å². The van der Waals surface area contributed by atoms with E-state index in [9.17, 15) is 9.59 Å². The Balaban J connectivity index is 1.54. The largest absolute Gasteiger partial charge is 0.497 e. The van der Waals surface area contributed by atoms with Gasteiger partial charge in [0.2, 0.25) is 0 Å². The smallest absolute Gasteiger partial charge is 0.258 e. The Hall–Kier alpha value is -3.60. The minimum Gasteiger partial charge on any atom is -0.497 e. The van der Waals surface area contributed by atoms with Gasteiger partial charge in [-0.3, -0.25) is 9.59 Å². The van der Waals surface area contributed by atoms with E-state index in [-0.39, 0.29) is 24.3 Å². The topological polar surface area (TPSA) is 64.6 Å². The van der Waals surface area contributed by atoms with Crippen LogP contribution in [0.25, 0.3) is 0 Å². The summed E-state index contributed by atoms with van der Waals surface area (Å²) in [6.07, 6.45) is 0.758. The third kappa shape index (κ3) is 5.47. The molecule has 5 nitrogen and oxygen atoms in total. The van der Waals surface area contributed by atoms with E-state index < -0.39 is 0 Å². The molecule has 0 unspecified atom stereocenters. The molecule has 1 atom stereocenters. The molecular formula is C25H25NO4. The zero-order valence-electron chi connectivity index (χ0n) is 17.1. The van der Waals surface area contributed by atoms with Crippen LogP contribution in [0, 0.1) is 0 Å². The molecule has 0 aliphatic carbocycles. The average molecular weight is 403 g/mol. The summed E-state index contributed by atoms with van der Waals surface area (Å²) in [5, 5.41) is 2.98. The first kappa shape index (κ1) is 21.1. The van der Waals surface area contributed by atoms with Crippen LogP contribution in [-0.4, -0.2) is 25.4 Å². The lowest BCUT2D eigenvalue weighted by atomic mass is 10.0. The summed E-state index contributed by atoms with van der Waals surface area (Å²) in [5.74, 6) is 1.05. The van der Waals surface area contributed by atoms with Gasteiger partial charge in [-0.05, 0) is 48.4 Å². The summed E-state index contributed by atoms with van der Waals surface area (Å²) < 4.78 is 10.8. The van der Waals surface area contributed by atoms with Crippen molar-refractivity contribution in [3.63, 3.8) is 0 Å². The van der Waals surface area contributed by atoms with Crippen molar-refractivity contribution in [3.8, 4) is 11.5 Å². The first-order valence-corrected chi connectivity index (χ1v) is 9.86. The molecule has 0 spiro atoms. The highest BCUT2D eigenvalue weighted by molar-refractivity contribution is 6.08. The Morgan fingerprint density at radius 2 is 1.43 bits per heavy atom. The summed E-state index contributed by atoms with van der Waals surface area (Å²) in [6, 6.07) is 23.4. The minimum absolute atomic E-state index is 0.0508. The van der Waals surface area contributed by atoms with Crippen molar-refractivity contribution in [2.45, 2.75) is 19.4 Å². The summed E-state index contributed by atoms with van der Waals surface area (Å²) in [7, 11) is 1.62. The van der Waals surface area contributed by atoms with E-state index in [1.54, 1.807) is 43.5 Å². The quantitative estimate of drug-likeness (QED) is 0.532. The van der Waals surface area contributed by atoms with Gasteiger partial charge in [-0.1, -0.05) is 49.4 Å². The molecule has 0 aromatic heterocycles. The number of carbonyl (C=O) groups excluding carboxylic acids is 2. The predicted octanol–water partition coefficient (Wildman–Crippen LogP) is 4.57. The van der Waals surface area contributed by atoms with Gasteiger partial charge in [0.05, 0.1) is 13.2 Å². The lowest BCUT2D eigenvalue weighted by Gasteiger charge is -2.18. The van der Waals surface area contributed by atoms with Crippen LogP contribution in [0.1, 0.15) is 40.9 Å². The maximum Gasteiger partial charge on any atom is 0.258 e. The number of hydrogen-bond donors (Lipinski definition) is 1. The highest BCUT2D eigenvalue weighted by atomic mass is 16.5. The number of hydrogen-bond acceptors (Lipinski definition) is 4. The number of nitrogens with one attached hydrogen (secondary N) is 1. The molecule has 3 aromatic carbocycles. The summed E-state index contributed by atoms with van der Waals surface area (Å²) in [4.78, 5) is 24.8. The van der Waals surface area contributed by atoms with Crippen molar-refractivity contribution >= 4 is 11.7 Å². The second-order valence-corrected chi connectivity index (χ2v) is 6.81. The summed E-state index contributed by atoms with van der Waals surface area (Å²) in [6.45, 7) is 1.91. The summed E-state index contributed by atoms with van der Waals surface area (Å²) in [5.41, 5.74) is 2.22. The fourth-order valence-electron chi connectivity index (χ4n) is 3.10. The van der Waals surface area contributed by atoms with E-state index in [2.05, 4.69) is 5.32 Å². The van der Waals surface area contributed by atoms with Gasteiger partial charge < -0.3 is 14.8 Å². The van der Waals surface area contributed by atoms with Gasteiger partial charge in [0.1, 0.15) is 11.5 Å². The van der Waals surface area contributed by atoms with Gasteiger partial charge >= 0.3 is 0 Å². The molecule has 3 aromatic rings. The molecule has 1 amide bonds. The summed E-state index contributed by atoms with van der Waals surface area (Å²) >= 11 is 0. The molecular weight excluding hydrogens is 378 g/mol.